The van der Waals surface area contributed by atoms with Gasteiger partial charge in [0.1, 0.15) is 12.1 Å². The van der Waals surface area contributed by atoms with E-state index in [1.54, 1.807) is 19.9 Å². The molecule has 9 heteroatoms. The fourth-order valence-corrected chi connectivity index (χ4v) is 3.54. The number of hydrogen-bond donors (Lipinski definition) is 2. The van der Waals surface area contributed by atoms with Crippen LogP contribution in [0.3, 0.4) is 0 Å². The molecule has 0 aliphatic carbocycles. The van der Waals surface area contributed by atoms with Gasteiger partial charge in [-0.15, -0.1) is 0 Å². The van der Waals surface area contributed by atoms with Crippen LogP contribution in [0.4, 0.5) is 0 Å². The Morgan fingerprint density at radius 3 is 1.97 bits per heavy atom. The van der Waals surface area contributed by atoms with Crippen molar-refractivity contribution in [1.29, 1.82) is 0 Å². The summed E-state index contributed by atoms with van der Waals surface area (Å²) in [7, 11) is 0. The maximum Gasteiger partial charge on any atom is 0.321 e. The summed E-state index contributed by atoms with van der Waals surface area (Å²) in [6, 6.07) is 3.67. The number of carboxylic acid groups (broad SMARTS) is 1. The quantitative estimate of drug-likeness (QED) is 0.238. The predicted molar refractivity (Wildman–Crippen MR) is 139 cm³/mol. The SMILES string of the molecule is CCCC(C)C(=O)OC(C)CN[C@@H](Cc1ccc(OC(=O)CC(C)C)c(OC(=O)CC(C)C)c1)C(=O)O. The number of carbonyl (C=O) groups is 4. The molecule has 0 radical (unpaired) electrons. The molecule has 1 aromatic rings. The molecule has 2 N–H and O–H groups in total. The molecular weight excluding hydrogens is 478 g/mol. The van der Waals surface area contributed by atoms with Crippen molar-refractivity contribution in [2.75, 3.05) is 6.54 Å². The van der Waals surface area contributed by atoms with E-state index < -0.39 is 30.1 Å². The lowest BCUT2D eigenvalue weighted by molar-refractivity contribution is -0.152. The molecule has 0 heterocycles. The smallest absolute Gasteiger partial charge is 0.321 e. The summed E-state index contributed by atoms with van der Waals surface area (Å²) in [6.45, 7) is 13.2. The van der Waals surface area contributed by atoms with Crippen molar-refractivity contribution in [3.8, 4) is 11.5 Å². The van der Waals surface area contributed by atoms with Gasteiger partial charge in [-0.3, -0.25) is 19.2 Å². The molecule has 1 rings (SSSR count). The van der Waals surface area contributed by atoms with Gasteiger partial charge >= 0.3 is 23.9 Å². The summed E-state index contributed by atoms with van der Waals surface area (Å²) in [5, 5.41) is 12.7. The van der Waals surface area contributed by atoms with Crippen LogP contribution < -0.4 is 14.8 Å². The molecule has 0 aliphatic rings. The minimum Gasteiger partial charge on any atom is -0.480 e. The Kier molecular flexibility index (Phi) is 13.9. The minimum atomic E-state index is -1.08. The highest BCUT2D eigenvalue weighted by molar-refractivity contribution is 5.77. The minimum absolute atomic E-state index is 0.0663. The molecule has 1 aromatic carbocycles. The van der Waals surface area contributed by atoms with Gasteiger partial charge < -0.3 is 24.6 Å². The first-order valence-corrected chi connectivity index (χ1v) is 13.0. The summed E-state index contributed by atoms with van der Waals surface area (Å²) in [6.07, 6.45) is 1.53. The van der Waals surface area contributed by atoms with E-state index in [4.69, 9.17) is 14.2 Å². The molecule has 208 valence electrons. The average Bonchev–Trinajstić information content (AvgIpc) is 2.76. The highest BCUT2D eigenvalue weighted by atomic mass is 16.6. The molecule has 3 atom stereocenters. The fourth-order valence-electron chi connectivity index (χ4n) is 3.54. The van der Waals surface area contributed by atoms with Crippen LogP contribution in [-0.4, -0.2) is 47.7 Å². The highest BCUT2D eigenvalue weighted by Crippen LogP contribution is 2.30. The number of carbonyl (C=O) groups excluding carboxylic acids is 3. The molecule has 2 unspecified atom stereocenters. The van der Waals surface area contributed by atoms with Crippen LogP contribution in [0.25, 0.3) is 0 Å². The first kappa shape index (κ1) is 32.1. The Hall–Kier alpha value is -2.94. The first-order valence-electron chi connectivity index (χ1n) is 13.0. The van der Waals surface area contributed by atoms with Crippen molar-refractivity contribution in [3.63, 3.8) is 0 Å². The molecule has 0 bridgehead atoms. The van der Waals surface area contributed by atoms with Gasteiger partial charge in [0.05, 0.1) is 5.92 Å². The summed E-state index contributed by atoms with van der Waals surface area (Å²) >= 11 is 0. The van der Waals surface area contributed by atoms with Crippen molar-refractivity contribution in [3.05, 3.63) is 23.8 Å². The van der Waals surface area contributed by atoms with E-state index in [9.17, 15) is 24.3 Å². The largest absolute Gasteiger partial charge is 0.480 e. The van der Waals surface area contributed by atoms with Gasteiger partial charge in [0, 0.05) is 19.4 Å². The number of aliphatic carboxylic acids is 1. The van der Waals surface area contributed by atoms with Crippen LogP contribution in [0.2, 0.25) is 0 Å². The Morgan fingerprint density at radius 2 is 1.46 bits per heavy atom. The highest BCUT2D eigenvalue weighted by Gasteiger charge is 2.23. The van der Waals surface area contributed by atoms with Crippen molar-refractivity contribution in [2.45, 2.75) is 92.7 Å². The zero-order valence-electron chi connectivity index (χ0n) is 23.2. The molecule has 0 aromatic heterocycles. The first-order chi connectivity index (χ1) is 17.3. The number of esters is 3. The molecule has 0 saturated heterocycles. The van der Waals surface area contributed by atoms with Crippen molar-refractivity contribution < 1.29 is 38.5 Å². The predicted octanol–water partition coefficient (Wildman–Crippen LogP) is 4.54. The summed E-state index contributed by atoms with van der Waals surface area (Å²) < 4.78 is 16.3. The summed E-state index contributed by atoms with van der Waals surface area (Å²) in [5.41, 5.74) is 0.567. The van der Waals surface area contributed by atoms with Crippen LogP contribution in [0, 0.1) is 17.8 Å². The van der Waals surface area contributed by atoms with Crippen LogP contribution in [0.5, 0.6) is 11.5 Å². The molecule has 0 saturated carbocycles. The van der Waals surface area contributed by atoms with Gasteiger partial charge in [0.2, 0.25) is 0 Å². The lowest BCUT2D eigenvalue weighted by atomic mass is 10.0. The number of rotatable bonds is 16. The summed E-state index contributed by atoms with van der Waals surface area (Å²) in [5.74, 6) is -2.19. The van der Waals surface area contributed by atoms with Crippen molar-refractivity contribution in [1.82, 2.24) is 5.32 Å². The third kappa shape index (κ3) is 12.7. The third-order valence-corrected chi connectivity index (χ3v) is 5.44. The van der Waals surface area contributed by atoms with Gasteiger partial charge in [-0.05, 0) is 49.3 Å². The Balaban J connectivity index is 2.98. The van der Waals surface area contributed by atoms with Crippen LogP contribution >= 0.6 is 0 Å². The lowest BCUT2D eigenvalue weighted by Gasteiger charge is -2.20. The molecular formula is C28H43NO8. The number of hydrogen-bond acceptors (Lipinski definition) is 8. The number of benzene rings is 1. The second-order valence-corrected chi connectivity index (χ2v) is 10.4. The Labute approximate surface area is 220 Å². The molecule has 0 spiro atoms. The van der Waals surface area contributed by atoms with E-state index in [1.165, 1.54) is 12.1 Å². The van der Waals surface area contributed by atoms with E-state index in [1.807, 2.05) is 34.6 Å². The van der Waals surface area contributed by atoms with E-state index in [0.717, 1.165) is 12.8 Å². The van der Waals surface area contributed by atoms with Gasteiger partial charge in [0.15, 0.2) is 11.5 Å². The number of ether oxygens (including phenoxy) is 3. The number of nitrogens with one attached hydrogen (secondary N) is 1. The van der Waals surface area contributed by atoms with E-state index in [0.29, 0.717) is 5.56 Å². The van der Waals surface area contributed by atoms with Crippen LogP contribution in [0.15, 0.2) is 18.2 Å². The Bertz CT molecular complexity index is 911. The second kappa shape index (κ2) is 16.0. The van der Waals surface area contributed by atoms with Gasteiger partial charge in [-0.25, -0.2) is 0 Å². The zero-order chi connectivity index (χ0) is 28.1. The van der Waals surface area contributed by atoms with Gasteiger partial charge in [0.25, 0.3) is 0 Å². The van der Waals surface area contributed by atoms with Gasteiger partial charge in [-0.1, -0.05) is 54.0 Å². The maximum absolute atomic E-state index is 12.3. The molecule has 37 heavy (non-hydrogen) atoms. The van der Waals surface area contributed by atoms with Crippen molar-refractivity contribution in [2.24, 2.45) is 17.8 Å². The molecule has 9 nitrogen and oxygen atoms in total. The van der Waals surface area contributed by atoms with E-state index in [-0.39, 0.29) is 61.0 Å². The average molecular weight is 522 g/mol. The zero-order valence-corrected chi connectivity index (χ0v) is 23.2. The lowest BCUT2D eigenvalue weighted by Crippen LogP contribution is -2.43. The van der Waals surface area contributed by atoms with E-state index in [2.05, 4.69) is 5.32 Å². The monoisotopic (exact) mass is 521 g/mol. The van der Waals surface area contributed by atoms with Crippen molar-refractivity contribution >= 4 is 23.9 Å². The molecule has 0 fully saturated rings. The summed E-state index contributed by atoms with van der Waals surface area (Å²) in [4.78, 5) is 48.6. The maximum atomic E-state index is 12.3. The van der Waals surface area contributed by atoms with Crippen LogP contribution in [-0.2, 0) is 30.3 Å². The molecule has 0 amide bonds. The van der Waals surface area contributed by atoms with E-state index >= 15 is 0 Å². The third-order valence-electron chi connectivity index (χ3n) is 5.44. The number of carboxylic acids is 1. The normalized spacial score (nSPS) is 13.6. The topological polar surface area (TPSA) is 128 Å². The second-order valence-electron chi connectivity index (χ2n) is 10.4. The molecule has 0 aliphatic heterocycles. The Morgan fingerprint density at radius 1 is 0.892 bits per heavy atom. The standard InChI is InChI=1S/C28H43NO8/c1-8-9-19(6)28(34)35-20(7)16-29-22(27(32)33)14-21-10-11-23(36-25(30)12-17(2)3)24(15-21)37-26(31)13-18(4)5/h10-11,15,17-20,22,29H,8-9,12-14,16H2,1-7H3,(H,32,33)/t19?,20?,22-/m0/s1. The fraction of sp³-hybridized carbons (Fsp3) is 0.643. The van der Waals surface area contributed by atoms with Crippen LogP contribution in [0.1, 0.15) is 79.7 Å². The van der Waals surface area contributed by atoms with Gasteiger partial charge in [-0.2, -0.15) is 0 Å².